The Labute approximate surface area is 115 Å². The van der Waals surface area contributed by atoms with Crippen molar-refractivity contribution < 1.29 is 9.13 Å². The molecule has 0 unspecified atom stereocenters. The van der Waals surface area contributed by atoms with Crippen LogP contribution in [0.15, 0.2) is 34.0 Å². The fourth-order valence-electron chi connectivity index (χ4n) is 2.44. The predicted molar refractivity (Wildman–Crippen MR) is 74.5 cm³/mol. The van der Waals surface area contributed by atoms with Crippen molar-refractivity contribution in [2.75, 3.05) is 18.9 Å². The number of nitrogens with zero attached hydrogens (tertiary/aromatic N) is 3. The number of hydrogen-bond acceptors (Lipinski definition) is 5. The van der Waals surface area contributed by atoms with Crippen molar-refractivity contribution in [3.05, 3.63) is 34.7 Å². The second kappa shape index (κ2) is 5.54. The van der Waals surface area contributed by atoms with E-state index < -0.39 is 23.2 Å². The largest absolute Gasteiger partial charge is 0.383 e. The molecule has 1 aliphatic rings. The molecule has 0 saturated heterocycles. The maximum Gasteiger partial charge on any atom is 0.350 e. The molecule has 7 heteroatoms. The van der Waals surface area contributed by atoms with Crippen LogP contribution in [0.1, 0.15) is 19.4 Å². The van der Waals surface area contributed by atoms with Crippen LogP contribution in [0.25, 0.3) is 0 Å². The summed E-state index contributed by atoms with van der Waals surface area (Å²) in [5.74, 6) is -0.294. The molecule has 1 aromatic rings. The molecular formula is C13H17FN4O2. The van der Waals surface area contributed by atoms with Crippen LogP contribution in [-0.2, 0) is 4.74 Å². The lowest BCUT2D eigenvalue weighted by Crippen LogP contribution is -2.37. The smallest absolute Gasteiger partial charge is 0.350 e. The summed E-state index contributed by atoms with van der Waals surface area (Å²) in [5, 5.41) is 0. The fraction of sp³-hybridized carbons (Fsp3) is 0.462. The molecule has 0 amide bonds. The molecule has 2 rings (SSSR count). The molecule has 1 heterocycles. The number of nitrogen functional groups attached to an aromatic ring is 1. The highest BCUT2D eigenvalue weighted by molar-refractivity contribution is 5.29. The Morgan fingerprint density at radius 3 is 3.10 bits per heavy atom. The predicted octanol–water partition coefficient (Wildman–Crippen LogP) is 1.10. The Balaban J connectivity index is 2.34. The molecule has 108 valence electrons. The van der Waals surface area contributed by atoms with E-state index in [2.05, 4.69) is 16.7 Å². The first-order valence-corrected chi connectivity index (χ1v) is 6.31. The molecule has 0 bridgehead atoms. The van der Waals surface area contributed by atoms with Gasteiger partial charge in [-0.2, -0.15) is 4.98 Å². The molecule has 1 aromatic heterocycles. The van der Waals surface area contributed by atoms with Gasteiger partial charge in [0, 0.05) is 19.2 Å². The lowest BCUT2D eigenvalue weighted by molar-refractivity contribution is -0.0206. The van der Waals surface area contributed by atoms with Gasteiger partial charge in [0.2, 0.25) is 0 Å². The third-order valence-electron chi connectivity index (χ3n) is 3.31. The number of allylic oxidation sites excluding steroid dienone is 1. The summed E-state index contributed by atoms with van der Waals surface area (Å²) in [6.45, 7) is 5.63. The van der Waals surface area contributed by atoms with Gasteiger partial charge in [-0.25, -0.2) is 9.18 Å². The van der Waals surface area contributed by atoms with Crippen molar-refractivity contribution in [2.24, 2.45) is 4.99 Å². The van der Waals surface area contributed by atoms with Gasteiger partial charge in [-0.3, -0.25) is 9.56 Å². The van der Waals surface area contributed by atoms with Gasteiger partial charge >= 0.3 is 5.69 Å². The molecule has 20 heavy (non-hydrogen) atoms. The van der Waals surface area contributed by atoms with Crippen LogP contribution in [0.4, 0.5) is 10.2 Å². The lowest BCUT2D eigenvalue weighted by Gasteiger charge is -2.27. The van der Waals surface area contributed by atoms with Crippen LogP contribution >= 0.6 is 0 Å². The van der Waals surface area contributed by atoms with E-state index >= 15 is 0 Å². The molecular weight excluding hydrogens is 263 g/mol. The summed E-state index contributed by atoms with van der Waals surface area (Å²) in [5.41, 5.74) is 3.79. The normalized spacial score (nSPS) is 25.5. The average Bonchev–Trinajstić information content (AvgIpc) is 2.67. The van der Waals surface area contributed by atoms with Crippen LogP contribution < -0.4 is 11.4 Å². The van der Waals surface area contributed by atoms with E-state index in [9.17, 15) is 9.18 Å². The van der Waals surface area contributed by atoms with E-state index in [4.69, 9.17) is 10.5 Å². The number of ether oxygens (including phenoxy) is 1. The number of rotatable bonds is 5. The van der Waals surface area contributed by atoms with E-state index in [1.807, 2.05) is 0 Å². The number of hydrogen-bond donors (Lipinski definition) is 1. The van der Waals surface area contributed by atoms with E-state index in [0.29, 0.717) is 6.61 Å². The highest BCUT2D eigenvalue weighted by Crippen LogP contribution is 2.40. The topological polar surface area (TPSA) is 82.5 Å². The summed E-state index contributed by atoms with van der Waals surface area (Å²) >= 11 is 0. The monoisotopic (exact) mass is 280 g/mol. The Bertz CT molecular complexity index is 598. The van der Waals surface area contributed by atoms with Gasteiger partial charge in [0.15, 0.2) is 0 Å². The Morgan fingerprint density at radius 1 is 1.75 bits per heavy atom. The van der Waals surface area contributed by atoms with Gasteiger partial charge in [0.25, 0.3) is 0 Å². The SMILES string of the molecule is C=NC[C@]1(OCC)C[C@@H](n2ccc(N)nc2=O)C=C1F. The van der Waals surface area contributed by atoms with Crippen molar-refractivity contribution in [1.29, 1.82) is 0 Å². The first-order valence-electron chi connectivity index (χ1n) is 6.31. The van der Waals surface area contributed by atoms with Crippen molar-refractivity contribution in [2.45, 2.75) is 25.0 Å². The molecule has 1 aliphatic carbocycles. The van der Waals surface area contributed by atoms with Crippen molar-refractivity contribution in [1.82, 2.24) is 9.55 Å². The Hall–Kier alpha value is -2.02. The molecule has 0 radical (unpaired) electrons. The van der Waals surface area contributed by atoms with Gasteiger partial charge in [0.1, 0.15) is 17.2 Å². The van der Waals surface area contributed by atoms with Gasteiger partial charge in [-0.1, -0.05) is 0 Å². The molecule has 2 N–H and O–H groups in total. The van der Waals surface area contributed by atoms with Gasteiger partial charge in [-0.15, -0.1) is 0 Å². The maximum absolute atomic E-state index is 14.3. The van der Waals surface area contributed by atoms with Crippen molar-refractivity contribution >= 4 is 12.5 Å². The zero-order valence-corrected chi connectivity index (χ0v) is 11.3. The van der Waals surface area contributed by atoms with Crippen LogP contribution in [0, 0.1) is 0 Å². The van der Waals surface area contributed by atoms with Gasteiger partial charge in [-0.05, 0) is 25.8 Å². The molecule has 2 atom stereocenters. The number of aromatic nitrogens is 2. The molecule has 0 aliphatic heterocycles. The first-order chi connectivity index (χ1) is 9.52. The molecule has 0 aromatic carbocycles. The zero-order chi connectivity index (χ0) is 14.8. The minimum atomic E-state index is -1.14. The van der Waals surface area contributed by atoms with Crippen LogP contribution in [0.3, 0.4) is 0 Å². The van der Waals surface area contributed by atoms with Crippen molar-refractivity contribution in [3.8, 4) is 0 Å². The third-order valence-corrected chi connectivity index (χ3v) is 3.31. The summed E-state index contributed by atoms with van der Waals surface area (Å²) < 4.78 is 21.1. The highest BCUT2D eigenvalue weighted by atomic mass is 19.1. The summed E-state index contributed by atoms with van der Waals surface area (Å²) in [7, 11) is 0. The quantitative estimate of drug-likeness (QED) is 0.819. The van der Waals surface area contributed by atoms with Gasteiger partial charge < -0.3 is 10.5 Å². The van der Waals surface area contributed by atoms with Gasteiger partial charge in [0.05, 0.1) is 12.6 Å². The Kier molecular flexibility index (Phi) is 3.99. The van der Waals surface area contributed by atoms with Crippen LogP contribution in [-0.4, -0.2) is 35.0 Å². The molecule has 0 fully saturated rings. The van der Waals surface area contributed by atoms with E-state index in [-0.39, 0.29) is 18.8 Å². The highest BCUT2D eigenvalue weighted by Gasteiger charge is 2.44. The van der Waals surface area contributed by atoms with Crippen molar-refractivity contribution in [3.63, 3.8) is 0 Å². The number of anilines is 1. The van der Waals surface area contributed by atoms with Crippen LogP contribution in [0.5, 0.6) is 0 Å². The van der Waals surface area contributed by atoms with E-state index in [0.717, 1.165) is 0 Å². The number of nitrogens with two attached hydrogens (primary N) is 1. The first kappa shape index (κ1) is 14.4. The number of halogens is 1. The fourth-order valence-corrected chi connectivity index (χ4v) is 2.44. The molecule has 0 spiro atoms. The second-order valence-electron chi connectivity index (χ2n) is 4.64. The summed E-state index contributed by atoms with van der Waals surface area (Å²) in [6.07, 6.45) is 3.14. The molecule has 0 saturated carbocycles. The average molecular weight is 280 g/mol. The summed E-state index contributed by atoms with van der Waals surface area (Å²) in [4.78, 5) is 19.2. The standard InChI is InChI=1S/C13H17FN4O2/c1-3-20-13(8-16-2)7-9(6-10(13)14)18-5-4-11(15)17-12(18)19/h4-6,9H,2-3,7-8H2,1H3,(H2,15,17,19)/t9-,13+/m0/s1. The minimum absolute atomic E-state index is 0.108. The maximum atomic E-state index is 14.3. The minimum Gasteiger partial charge on any atom is -0.383 e. The third kappa shape index (κ3) is 2.49. The lowest BCUT2D eigenvalue weighted by atomic mass is 10.0. The number of aliphatic imine (C=N–C) groups is 1. The van der Waals surface area contributed by atoms with E-state index in [1.165, 1.54) is 22.9 Å². The van der Waals surface area contributed by atoms with E-state index in [1.54, 1.807) is 6.92 Å². The van der Waals surface area contributed by atoms with Crippen LogP contribution in [0.2, 0.25) is 0 Å². The summed E-state index contributed by atoms with van der Waals surface area (Å²) in [6, 6.07) is 1.03. The zero-order valence-electron chi connectivity index (χ0n) is 11.3. The molecule has 6 nitrogen and oxygen atoms in total. The second-order valence-corrected chi connectivity index (χ2v) is 4.64. The Morgan fingerprint density at radius 2 is 2.50 bits per heavy atom.